The maximum Gasteiger partial charge on any atom is 0.408 e. The van der Waals surface area contributed by atoms with Crippen molar-refractivity contribution in [3.63, 3.8) is 0 Å². The highest BCUT2D eigenvalue weighted by molar-refractivity contribution is 5.80. The second-order valence-electron chi connectivity index (χ2n) is 9.84. The molecule has 34 heavy (non-hydrogen) atoms. The van der Waals surface area contributed by atoms with Crippen molar-refractivity contribution < 1.29 is 29.0 Å². The van der Waals surface area contributed by atoms with Crippen LogP contribution in [0.25, 0.3) is 11.1 Å². The van der Waals surface area contributed by atoms with Gasteiger partial charge in [0.2, 0.25) is 0 Å². The van der Waals surface area contributed by atoms with Crippen LogP contribution in [0.2, 0.25) is 0 Å². The first-order valence-electron chi connectivity index (χ1n) is 11.5. The van der Waals surface area contributed by atoms with Gasteiger partial charge in [-0.1, -0.05) is 48.5 Å². The molecule has 8 nitrogen and oxygen atoms in total. The summed E-state index contributed by atoms with van der Waals surface area (Å²) < 4.78 is 10.7. The van der Waals surface area contributed by atoms with E-state index < -0.39 is 29.8 Å². The number of hydrogen-bond donors (Lipinski definition) is 3. The first kappa shape index (κ1) is 23.6. The highest BCUT2D eigenvalue weighted by Gasteiger charge is 2.42. The Morgan fingerprint density at radius 2 is 1.59 bits per heavy atom. The van der Waals surface area contributed by atoms with Gasteiger partial charge >= 0.3 is 18.2 Å². The van der Waals surface area contributed by atoms with Gasteiger partial charge in [0.1, 0.15) is 18.2 Å². The van der Waals surface area contributed by atoms with Gasteiger partial charge in [0, 0.05) is 12.0 Å². The van der Waals surface area contributed by atoms with E-state index in [2.05, 4.69) is 34.9 Å². The third kappa shape index (κ3) is 5.50. The standard InChI is InChI=1S/C26H30N2O6/c1-26(2,3)34-25(32)28-22(23(29)30)13-15-12-21(15)27-24(31)33-14-20-18-10-6-4-8-16(18)17-9-5-7-11-19(17)20/h4-11,15,20-22H,12-14H2,1-3H3,(H,27,31)(H,28,32)(H,29,30)/t15-,21+,22+/m1/s1. The quantitative estimate of drug-likeness (QED) is 0.561. The summed E-state index contributed by atoms with van der Waals surface area (Å²) in [5.74, 6) is -1.23. The number of carbonyl (C=O) groups is 3. The lowest BCUT2D eigenvalue weighted by molar-refractivity contribution is -0.139. The van der Waals surface area contributed by atoms with Crippen LogP contribution in [0.5, 0.6) is 0 Å². The number of benzene rings is 2. The van der Waals surface area contributed by atoms with Crippen LogP contribution in [0.3, 0.4) is 0 Å². The maximum absolute atomic E-state index is 12.4. The first-order chi connectivity index (χ1) is 16.1. The molecule has 0 heterocycles. The Labute approximate surface area is 198 Å². The van der Waals surface area contributed by atoms with Gasteiger partial charge < -0.3 is 25.2 Å². The number of carboxylic acids is 1. The topological polar surface area (TPSA) is 114 Å². The van der Waals surface area contributed by atoms with Crippen LogP contribution >= 0.6 is 0 Å². The van der Waals surface area contributed by atoms with Crippen LogP contribution in [-0.4, -0.2) is 47.6 Å². The Bertz CT molecular complexity index is 1050. The third-order valence-electron chi connectivity index (χ3n) is 6.10. The lowest BCUT2D eigenvalue weighted by Crippen LogP contribution is -2.44. The van der Waals surface area contributed by atoms with E-state index in [1.165, 1.54) is 0 Å². The van der Waals surface area contributed by atoms with Crippen molar-refractivity contribution in [2.24, 2.45) is 5.92 Å². The Balaban J connectivity index is 1.27. The van der Waals surface area contributed by atoms with E-state index in [1.807, 2.05) is 24.3 Å². The molecule has 0 unspecified atom stereocenters. The first-order valence-corrected chi connectivity index (χ1v) is 11.5. The van der Waals surface area contributed by atoms with Crippen LogP contribution in [0.1, 0.15) is 50.7 Å². The Morgan fingerprint density at radius 1 is 1.00 bits per heavy atom. The van der Waals surface area contributed by atoms with Crippen molar-refractivity contribution in [1.29, 1.82) is 0 Å². The van der Waals surface area contributed by atoms with Crippen molar-refractivity contribution in [2.45, 2.75) is 57.2 Å². The van der Waals surface area contributed by atoms with E-state index >= 15 is 0 Å². The number of carboxylic acid groups (broad SMARTS) is 1. The molecule has 1 saturated carbocycles. The number of ether oxygens (including phenoxy) is 2. The fourth-order valence-electron chi connectivity index (χ4n) is 4.45. The predicted molar refractivity (Wildman–Crippen MR) is 126 cm³/mol. The zero-order chi connectivity index (χ0) is 24.5. The summed E-state index contributed by atoms with van der Waals surface area (Å²) in [6, 6.07) is 15.0. The number of nitrogens with one attached hydrogen (secondary N) is 2. The van der Waals surface area contributed by atoms with Gasteiger partial charge in [-0.3, -0.25) is 0 Å². The molecule has 2 aliphatic carbocycles. The number of hydrogen-bond acceptors (Lipinski definition) is 5. The molecular formula is C26H30N2O6. The summed E-state index contributed by atoms with van der Waals surface area (Å²) in [5, 5.41) is 14.7. The lowest BCUT2D eigenvalue weighted by atomic mass is 9.98. The largest absolute Gasteiger partial charge is 0.480 e. The Morgan fingerprint density at radius 3 is 2.15 bits per heavy atom. The Kier molecular flexibility index (Phi) is 6.50. The summed E-state index contributed by atoms with van der Waals surface area (Å²) in [5.41, 5.74) is 3.87. The molecule has 180 valence electrons. The van der Waals surface area contributed by atoms with Gasteiger partial charge in [0.25, 0.3) is 0 Å². The summed E-state index contributed by atoms with van der Waals surface area (Å²) in [6.07, 6.45) is -0.477. The summed E-state index contributed by atoms with van der Waals surface area (Å²) in [7, 11) is 0. The second-order valence-corrected chi connectivity index (χ2v) is 9.84. The minimum absolute atomic E-state index is 0.0254. The van der Waals surface area contributed by atoms with Crippen molar-refractivity contribution >= 4 is 18.2 Å². The highest BCUT2D eigenvalue weighted by Crippen LogP contribution is 2.44. The molecule has 0 bridgehead atoms. The second kappa shape index (κ2) is 9.37. The zero-order valence-electron chi connectivity index (χ0n) is 19.5. The molecule has 0 saturated heterocycles. The molecule has 0 aromatic heterocycles. The summed E-state index contributed by atoms with van der Waals surface area (Å²) >= 11 is 0. The molecule has 3 N–H and O–H groups in total. The molecule has 2 amide bonds. The SMILES string of the molecule is CC(C)(C)OC(=O)N[C@@H](C[C@H]1C[C@@H]1NC(=O)OCC1c2ccccc2-c2ccccc21)C(=O)O. The van der Waals surface area contributed by atoms with E-state index in [9.17, 15) is 19.5 Å². The smallest absolute Gasteiger partial charge is 0.408 e. The highest BCUT2D eigenvalue weighted by atomic mass is 16.6. The minimum Gasteiger partial charge on any atom is -0.480 e. The molecule has 2 aliphatic rings. The van der Waals surface area contributed by atoms with E-state index in [0.29, 0.717) is 6.42 Å². The third-order valence-corrected chi connectivity index (χ3v) is 6.10. The zero-order valence-corrected chi connectivity index (χ0v) is 19.5. The van der Waals surface area contributed by atoms with Gasteiger partial charge in [0.05, 0.1) is 0 Å². The fraction of sp³-hybridized carbons (Fsp3) is 0.423. The van der Waals surface area contributed by atoms with Crippen molar-refractivity contribution in [2.75, 3.05) is 6.61 Å². The number of amides is 2. The normalized spacial score (nSPS) is 19.4. The number of alkyl carbamates (subject to hydrolysis) is 2. The van der Waals surface area contributed by atoms with Crippen molar-refractivity contribution in [3.05, 3.63) is 59.7 Å². The van der Waals surface area contributed by atoms with E-state index in [4.69, 9.17) is 9.47 Å². The average Bonchev–Trinajstić information content (AvgIpc) is 3.40. The molecule has 3 atom stereocenters. The maximum atomic E-state index is 12.4. The average molecular weight is 467 g/mol. The number of carbonyl (C=O) groups excluding carboxylic acids is 2. The van der Waals surface area contributed by atoms with Gasteiger partial charge in [0.15, 0.2) is 0 Å². The van der Waals surface area contributed by atoms with Crippen LogP contribution < -0.4 is 10.6 Å². The van der Waals surface area contributed by atoms with Crippen LogP contribution in [-0.2, 0) is 14.3 Å². The van der Waals surface area contributed by atoms with Gasteiger partial charge in [-0.2, -0.15) is 0 Å². The van der Waals surface area contributed by atoms with Crippen LogP contribution in [0.15, 0.2) is 48.5 Å². The van der Waals surface area contributed by atoms with Gasteiger partial charge in [-0.05, 0) is 61.8 Å². The Hall–Kier alpha value is -3.55. The number of fused-ring (bicyclic) bond motifs is 3. The molecule has 0 aliphatic heterocycles. The summed E-state index contributed by atoms with van der Waals surface area (Å²) in [6.45, 7) is 5.34. The van der Waals surface area contributed by atoms with Crippen LogP contribution in [0, 0.1) is 5.92 Å². The summed E-state index contributed by atoms with van der Waals surface area (Å²) in [4.78, 5) is 35.9. The number of rotatable bonds is 7. The van der Waals surface area contributed by atoms with E-state index in [-0.39, 0.29) is 30.9 Å². The molecule has 4 rings (SSSR count). The van der Waals surface area contributed by atoms with E-state index in [0.717, 1.165) is 22.3 Å². The van der Waals surface area contributed by atoms with Crippen molar-refractivity contribution in [1.82, 2.24) is 10.6 Å². The van der Waals surface area contributed by atoms with Crippen molar-refractivity contribution in [3.8, 4) is 11.1 Å². The molecule has 0 spiro atoms. The van der Waals surface area contributed by atoms with E-state index in [1.54, 1.807) is 20.8 Å². The lowest BCUT2D eigenvalue weighted by Gasteiger charge is -2.22. The molecule has 2 aromatic carbocycles. The van der Waals surface area contributed by atoms with Crippen LogP contribution in [0.4, 0.5) is 9.59 Å². The van der Waals surface area contributed by atoms with Gasteiger partial charge in [-0.25, -0.2) is 14.4 Å². The van der Waals surface area contributed by atoms with Gasteiger partial charge in [-0.15, -0.1) is 0 Å². The minimum atomic E-state index is -1.14. The predicted octanol–water partition coefficient (Wildman–Crippen LogP) is 4.28. The molecule has 2 aromatic rings. The molecular weight excluding hydrogens is 436 g/mol. The fourth-order valence-corrected chi connectivity index (χ4v) is 4.45. The molecule has 8 heteroatoms. The monoisotopic (exact) mass is 466 g/mol. The molecule has 1 fully saturated rings. The molecule has 0 radical (unpaired) electrons. The number of aliphatic carboxylic acids is 1.